The highest BCUT2D eigenvalue weighted by Crippen LogP contribution is 2.45. The van der Waals surface area contributed by atoms with Crippen LogP contribution in [0.4, 0.5) is 5.69 Å². The fraction of sp³-hybridized carbons (Fsp3) is 0.267. The van der Waals surface area contributed by atoms with Crippen LogP contribution in [0, 0.1) is 34.6 Å². The monoisotopic (exact) mass is 799 g/mol. The largest absolute Gasteiger partial charge is 0.494 e. The predicted octanol–water partition coefficient (Wildman–Crippen LogP) is 9.68. The summed E-state index contributed by atoms with van der Waals surface area (Å²) >= 11 is 13.6. The quantitative estimate of drug-likeness (QED) is 0.138. The molecule has 12 heteroatoms. The van der Waals surface area contributed by atoms with Crippen molar-refractivity contribution in [2.24, 2.45) is 5.73 Å². The second-order valence-electron chi connectivity index (χ2n) is 15.0. The van der Waals surface area contributed by atoms with Gasteiger partial charge in [0.2, 0.25) is 0 Å². The summed E-state index contributed by atoms with van der Waals surface area (Å²) in [6.45, 7) is 13.1. The van der Waals surface area contributed by atoms with Gasteiger partial charge < -0.3 is 24.5 Å². The SMILES string of the molecule is Cc1cc(N2C[C@@H](C)n3c(c(CCCOc4cc(C)c(Cl)c(C)c4)c4ccc(Cl)c(-c5c(C)ncnc5C)c43)C2=O)c2c(c1)cc(C(N)=O)n2Cc1ccccn1. The Balaban J connectivity index is 1.30. The number of pyridine rings is 1. The van der Waals surface area contributed by atoms with E-state index in [2.05, 4.69) is 26.4 Å². The maximum absolute atomic E-state index is 15.4. The molecule has 10 nitrogen and oxygen atoms in total. The number of benzene rings is 3. The predicted molar refractivity (Wildman–Crippen MR) is 227 cm³/mol. The molecular weight excluding hydrogens is 757 g/mol. The molecule has 0 bridgehead atoms. The van der Waals surface area contributed by atoms with Crippen LogP contribution in [0.2, 0.25) is 10.0 Å². The standard InChI is InChI=1S/C45H43Cl2N7O3/c1-24-16-30-20-37(44(48)55)52(22-31-10-7-8-14-49-31)41(30)36(17-24)53-21-27(4)54-42-34(12-13-35(46)39(42)38-28(5)50-23-51-29(38)6)33(43(54)45(53)56)11-9-15-57-32-18-25(2)40(47)26(3)19-32/h7-8,10,12-14,16-20,23,27H,9,11,15,21-22H2,1-6H3,(H2,48,55)/t27-/m1/s1. The number of halogens is 2. The maximum Gasteiger partial charge on any atom is 0.275 e. The van der Waals surface area contributed by atoms with Crippen LogP contribution in [0.3, 0.4) is 0 Å². The van der Waals surface area contributed by atoms with Crippen molar-refractivity contribution in [3.05, 3.63) is 134 Å². The Morgan fingerprint density at radius 1 is 0.912 bits per heavy atom. The Labute approximate surface area is 341 Å². The number of primary amides is 1. The van der Waals surface area contributed by atoms with Gasteiger partial charge in [0.1, 0.15) is 23.5 Å². The van der Waals surface area contributed by atoms with Gasteiger partial charge in [-0.15, -0.1) is 0 Å². The molecule has 0 spiro atoms. The molecule has 2 amide bonds. The van der Waals surface area contributed by atoms with Crippen LogP contribution in [-0.2, 0) is 13.0 Å². The molecular formula is C45H43Cl2N7O3. The first-order valence-corrected chi connectivity index (χ1v) is 19.8. The van der Waals surface area contributed by atoms with Gasteiger partial charge in [-0.1, -0.05) is 35.3 Å². The highest BCUT2D eigenvalue weighted by molar-refractivity contribution is 6.35. The van der Waals surface area contributed by atoms with E-state index in [4.69, 9.17) is 33.7 Å². The number of hydrogen-bond donors (Lipinski definition) is 1. The molecule has 0 fully saturated rings. The molecule has 0 saturated heterocycles. The Morgan fingerprint density at radius 3 is 2.33 bits per heavy atom. The number of carbonyl (C=O) groups excluding carboxylic acids is 2. The molecule has 5 heterocycles. The number of aryl methyl sites for hydroxylation is 6. The lowest BCUT2D eigenvalue weighted by molar-refractivity contribution is 0.0956. The minimum absolute atomic E-state index is 0.151. The third-order valence-corrected chi connectivity index (χ3v) is 11.9. The summed E-state index contributed by atoms with van der Waals surface area (Å²) in [6, 6.07) is 19.2. The van der Waals surface area contributed by atoms with Crippen molar-refractivity contribution in [2.75, 3.05) is 18.1 Å². The van der Waals surface area contributed by atoms with E-state index in [9.17, 15) is 4.79 Å². The van der Waals surface area contributed by atoms with Crippen molar-refractivity contribution >= 4 is 62.5 Å². The summed E-state index contributed by atoms with van der Waals surface area (Å²) in [6.07, 6.45) is 4.49. The lowest BCUT2D eigenvalue weighted by Crippen LogP contribution is -2.43. The molecule has 0 radical (unpaired) electrons. The van der Waals surface area contributed by atoms with Crippen LogP contribution in [0.1, 0.15) is 79.7 Å². The Kier molecular flexibility index (Phi) is 10.0. The summed E-state index contributed by atoms with van der Waals surface area (Å²) in [5.74, 6) is 0.0465. The molecule has 1 aliphatic heterocycles. The summed E-state index contributed by atoms with van der Waals surface area (Å²) in [4.78, 5) is 43.9. The molecule has 7 aromatic rings. The van der Waals surface area contributed by atoms with Gasteiger partial charge in [0.25, 0.3) is 11.8 Å². The third-order valence-electron chi connectivity index (χ3n) is 11.0. The third kappa shape index (κ3) is 6.70. The molecule has 8 rings (SSSR count). The van der Waals surface area contributed by atoms with Crippen molar-refractivity contribution in [1.82, 2.24) is 24.1 Å². The van der Waals surface area contributed by atoms with Crippen molar-refractivity contribution in [3.63, 3.8) is 0 Å². The zero-order valence-electron chi connectivity index (χ0n) is 32.8. The zero-order chi connectivity index (χ0) is 40.3. The van der Waals surface area contributed by atoms with E-state index in [1.165, 1.54) is 0 Å². The molecule has 3 aromatic carbocycles. The number of nitrogens with two attached hydrogens (primary N) is 1. The number of nitrogens with zero attached hydrogens (tertiary/aromatic N) is 6. The van der Waals surface area contributed by atoms with Gasteiger partial charge in [0, 0.05) is 57.1 Å². The molecule has 57 heavy (non-hydrogen) atoms. The minimum atomic E-state index is -0.558. The van der Waals surface area contributed by atoms with E-state index in [1.54, 1.807) is 12.5 Å². The van der Waals surface area contributed by atoms with Crippen LogP contribution in [-0.4, -0.2) is 49.1 Å². The van der Waals surface area contributed by atoms with E-state index in [0.717, 1.165) is 83.0 Å². The maximum atomic E-state index is 15.4. The lowest BCUT2D eigenvalue weighted by Gasteiger charge is -2.35. The van der Waals surface area contributed by atoms with E-state index >= 15 is 4.79 Å². The Morgan fingerprint density at radius 2 is 1.65 bits per heavy atom. The fourth-order valence-corrected chi connectivity index (χ4v) is 8.88. The van der Waals surface area contributed by atoms with Gasteiger partial charge >= 0.3 is 0 Å². The lowest BCUT2D eigenvalue weighted by atomic mass is 9.97. The van der Waals surface area contributed by atoms with E-state index in [1.807, 2.05) is 105 Å². The van der Waals surface area contributed by atoms with Crippen molar-refractivity contribution in [3.8, 4) is 16.9 Å². The molecule has 290 valence electrons. The molecule has 4 aromatic heterocycles. The van der Waals surface area contributed by atoms with Crippen molar-refractivity contribution in [1.29, 1.82) is 0 Å². The second-order valence-corrected chi connectivity index (χ2v) is 15.8. The number of anilines is 1. The van der Waals surface area contributed by atoms with E-state index in [0.29, 0.717) is 54.6 Å². The summed E-state index contributed by atoms with van der Waals surface area (Å²) in [7, 11) is 0. The molecule has 0 unspecified atom stereocenters. The first-order valence-electron chi connectivity index (χ1n) is 19.0. The smallest absolute Gasteiger partial charge is 0.275 e. The number of rotatable bonds is 10. The summed E-state index contributed by atoms with van der Waals surface area (Å²) < 4.78 is 10.3. The number of carbonyl (C=O) groups is 2. The van der Waals surface area contributed by atoms with Crippen LogP contribution in [0.15, 0.2) is 73.2 Å². The number of amides is 2. The van der Waals surface area contributed by atoms with Gasteiger partial charge in [-0.2, -0.15) is 0 Å². The zero-order valence-corrected chi connectivity index (χ0v) is 34.3. The first-order chi connectivity index (χ1) is 27.3. The van der Waals surface area contributed by atoms with Gasteiger partial charge in [-0.05, 0) is 125 Å². The molecule has 2 N–H and O–H groups in total. The number of ether oxygens (including phenoxy) is 1. The van der Waals surface area contributed by atoms with Gasteiger partial charge in [0.15, 0.2) is 0 Å². The second kappa shape index (κ2) is 15.0. The van der Waals surface area contributed by atoms with Crippen molar-refractivity contribution in [2.45, 2.75) is 67.0 Å². The van der Waals surface area contributed by atoms with Crippen LogP contribution >= 0.6 is 23.2 Å². The summed E-state index contributed by atoms with van der Waals surface area (Å²) in [5.41, 5.74) is 17.0. The number of fused-ring (bicyclic) bond motifs is 4. The molecule has 0 saturated carbocycles. The van der Waals surface area contributed by atoms with Gasteiger partial charge in [-0.3, -0.25) is 14.6 Å². The molecule has 0 aliphatic carbocycles. The highest BCUT2D eigenvalue weighted by atomic mass is 35.5. The Hall–Kier alpha value is -5.71. The topological polar surface area (TPSA) is 121 Å². The average molecular weight is 801 g/mol. The van der Waals surface area contributed by atoms with Crippen LogP contribution in [0.25, 0.3) is 32.9 Å². The summed E-state index contributed by atoms with van der Waals surface area (Å²) in [5, 5.41) is 3.04. The first kappa shape index (κ1) is 38.2. The fourth-order valence-electron chi connectivity index (χ4n) is 8.52. The normalized spacial score (nSPS) is 14.1. The van der Waals surface area contributed by atoms with E-state index < -0.39 is 5.91 Å². The number of hydrogen-bond acceptors (Lipinski definition) is 6. The van der Waals surface area contributed by atoms with Crippen LogP contribution < -0.4 is 15.4 Å². The van der Waals surface area contributed by atoms with Crippen LogP contribution in [0.5, 0.6) is 5.75 Å². The van der Waals surface area contributed by atoms with Crippen molar-refractivity contribution < 1.29 is 14.3 Å². The number of aromatic nitrogens is 5. The van der Waals surface area contributed by atoms with E-state index in [-0.39, 0.29) is 11.9 Å². The molecule has 1 atom stereocenters. The highest BCUT2D eigenvalue weighted by Gasteiger charge is 2.38. The minimum Gasteiger partial charge on any atom is -0.494 e. The Bertz CT molecular complexity index is 2710. The molecule has 1 aliphatic rings. The van der Waals surface area contributed by atoms with Gasteiger partial charge in [-0.25, -0.2) is 9.97 Å². The average Bonchev–Trinajstić information content (AvgIpc) is 3.70. The van der Waals surface area contributed by atoms with Gasteiger partial charge in [0.05, 0.1) is 40.6 Å².